The Bertz CT molecular complexity index is 918. The lowest BCUT2D eigenvalue weighted by molar-refractivity contribution is -0.154. The fraction of sp³-hybridized carbons (Fsp3) is 0.409. The lowest BCUT2D eigenvalue weighted by atomic mass is 9.69. The standard InChI is InChI=1S/C22H22N2O2/c1-21-10-2-3-11-24(21)18-12-16(7-4-15-5-8-17(23)9-6-15)19-13-20(25)26-22(19,21)14-18/h5-6,8-9,12-13,18H,2-3,10-11,14,23H2,1H3/t18-,21-,22+/m1/s1. The first-order valence-corrected chi connectivity index (χ1v) is 9.34. The van der Waals surface area contributed by atoms with Gasteiger partial charge in [-0.2, -0.15) is 0 Å². The maximum atomic E-state index is 12.3. The van der Waals surface area contributed by atoms with Gasteiger partial charge in [0.05, 0.1) is 5.54 Å². The van der Waals surface area contributed by atoms with Crippen molar-refractivity contribution in [1.82, 2.24) is 4.90 Å². The van der Waals surface area contributed by atoms with Crippen molar-refractivity contribution < 1.29 is 9.53 Å². The molecule has 2 fully saturated rings. The van der Waals surface area contributed by atoms with E-state index < -0.39 is 5.60 Å². The molecule has 4 heteroatoms. The van der Waals surface area contributed by atoms with Crippen LogP contribution in [0.1, 0.15) is 38.2 Å². The van der Waals surface area contributed by atoms with E-state index in [2.05, 4.69) is 29.7 Å². The van der Waals surface area contributed by atoms with E-state index in [1.807, 2.05) is 24.3 Å². The second-order valence-corrected chi connectivity index (χ2v) is 7.95. The second kappa shape index (κ2) is 5.25. The highest BCUT2D eigenvalue weighted by Gasteiger charge is 2.68. The number of carbonyl (C=O) groups is 1. The molecule has 3 atom stereocenters. The van der Waals surface area contributed by atoms with Gasteiger partial charge in [0.2, 0.25) is 0 Å². The smallest absolute Gasteiger partial charge is 0.332 e. The first kappa shape index (κ1) is 15.7. The Morgan fingerprint density at radius 3 is 2.85 bits per heavy atom. The highest BCUT2D eigenvalue weighted by atomic mass is 16.6. The molecule has 2 N–H and O–H groups in total. The van der Waals surface area contributed by atoms with E-state index in [1.165, 1.54) is 12.8 Å². The minimum atomic E-state index is -0.533. The SMILES string of the molecule is C[C@]12CCCCN1[C@@H]1C=C(C#Cc3ccc(N)cc3)C3=CC(=O)O[C@@]32C1. The molecule has 2 bridgehead atoms. The molecular weight excluding hydrogens is 324 g/mol. The summed E-state index contributed by atoms with van der Waals surface area (Å²) in [6, 6.07) is 7.84. The summed E-state index contributed by atoms with van der Waals surface area (Å²) in [5.41, 5.74) is 8.66. The maximum absolute atomic E-state index is 12.3. The van der Waals surface area contributed by atoms with Crippen molar-refractivity contribution in [2.24, 2.45) is 0 Å². The maximum Gasteiger partial charge on any atom is 0.332 e. The third-order valence-electron chi connectivity index (χ3n) is 6.59. The molecule has 1 aromatic rings. The average molecular weight is 346 g/mol. The fourth-order valence-corrected chi connectivity index (χ4v) is 5.32. The summed E-state index contributed by atoms with van der Waals surface area (Å²) < 4.78 is 6.02. The Morgan fingerprint density at radius 1 is 1.23 bits per heavy atom. The molecule has 5 rings (SSSR count). The van der Waals surface area contributed by atoms with E-state index in [0.29, 0.717) is 6.04 Å². The Balaban J connectivity index is 1.59. The third kappa shape index (κ3) is 1.98. The van der Waals surface area contributed by atoms with Crippen LogP contribution in [0.15, 0.2) is 47.6 Å². The van der Waals surface area contributed by atoms with Gasteiger partial charge in [-0.25, -0.2) is 4.79 Å². The van der Waals surface area contributed by atoms with E-state index in [1.54, 1.807) is 6.08 Å². The molecule has 1 aliphatic carbocycles. The first-order chi connectivity index (χ1) is 12.5. The third-order valence-corrected chi connectivity index (χ3v) is 6.59. The van der Waals surface area contributed by atoms with Gasteiger partial charge in [0, 0.05) is 40.9 Å². The van der Waals surface area contributed by atoms with Crippen molar-refractivity contribution >= 4 is 11.7 Å². The zero-order valence-electron chi connectivity index (χ0n) is 14.9. The molecule has 0 amide bonds. The van der Waals surface area contributed by atoms with Crippen molar-refractivity contribution in [2.75, 3.05) is 12.3 Å². The number of anilines is 1. The van der Waals surface area contributed by atoms with Crippen LogP contribution in [0.25, 0.3) is 0 Å². The molecule has 26 heavy (non-hydrogen) atoms. The van der Waals surface area contributed by atoms with Crippen LogP contribution >= 0.6 is 0 Å². The van der Waals surface area contributed by atoms with Gasteiger partial charge in [-0.3, -0.25) is 4.90 Å². The van der Waals surface area contributed by atoms with Crippen molar-refractivity contribution in [2.45, 2.75) is 49.8 Å². The Morgan fingerprint density at radius 2 is 2.04 bits per heavy atom. The summed E-state index contributed by atoms with van der Waals surface area (Å²) in [6.07, 6.45) is 8.21. The summed E-state index contributed by atoms with van der Waals surface area (Å²) in [4.78, 5) is 14.8. The van der Waals surface area contributed by atoms with E-state index >= 15 is 0 Å². The summed E-state index contributed by atoms with van der Waals surface area (Å²) in [6.45, 7) is 3.33. The van der Waals surface area contributed by atoms with Crippen LogP contribution in [-0.4, -0.2) is 34.6 Å². The predicted octanol–water partition coefficient (Wildman–Crippen LogP) is 2.80. The number of esters is 1. The average Bonchev–Trinajstić information content (AvgIpc) is 3.08. The number of benzene rings is 1. The molecule has 0 unspecified atom stereocenters. The zero-order chi connectivity index (χ0) is 17.9. The van der Waals surface area contributed by atoms with Crippen LogP contribution in [0, 0.1) is 11.8 Å². The molecule has 132 valence electrons. The van der Waals surface area contributed by atoms with Gasteiger partial charge in [0.1, 0.15) is 0 Å². The molecule has 1 aromatic carbocycles. The molecule has 0 saturated carbocycles. The van der Waals surface area contributed by atoms with E-state index in [-0.39, 0.29) is 11.5 Å². The number of hydrogen-bond acceptors (Lipinski definition) is 4. The van der Waals surface area contributed by atoms with Crippen LogP contribution < -0.4 is 5.73 Å². The number of nitrogens with zero attached hydrogens (tertiary/aromatic N) is 1. The molecular formula is C22H22N2O2. The minimum Gasteiger partial charge on any atom is -0.449 e. The first-order valence-electron chi connectivity index (χ1n) is 9.34. The van der Waals surface area contributed by atoms with Crippen molar-refractivity contribution in [3.05, 3.63) is 53.1 Å². The van der Waals surface area contributed by atoms with Crippen LogP contribution in [0.4, 0.5) is 5.69 Å². The molecule has 4 nitrogen and oxygen atoms in total. The lowest BCUT2D eigenvalue weighted by Gasteiger charge is -2.47. The summed E-state index contributed by atoms with van der Waals surface area (Å²) >= 11 is 0. The minimum absolute atomic E-state index is 0.130. The fourth-order valence-electron chi connectivity index (χ4n) is 5.32. The molecule has 2 saturated heterocycles. The number of hydrogen-bond donors (Lipinski definition) is 1. The number of rotatable bonds is 0. The van der Waals surface area contributed by atoms with Gasteiger partial charge in [-0.1, -0.05) is 24.3 Å². The topological polar surface area (TPSA) is 55.6 Å². The number of carbonyl (C=O) groups excluding carboxylic acids is 1. The Hall–Kier alpha value is -2.51. The molecule has 0 aromatic heterocycles. The molecule has 0 radical (unpaired) electrons. The van der Waals surface area contributed by atoms with Crippen LogP contribution in [0.3, 0.4) is 0 Å². The Labute approximate surface area is 153 Å². The molecule has 1 spiro atoms. The summed E-state index contributed by atoms with van der Waals surface area (Å²) in [5.74, 6) is 6.32. The highest BCUT2D eigenvalue weighted by Crippen LogP contribution is 2.59. The normalized spacial score (nSPS) is 34.8. The number of nitrogen functional groups attached to an aromatic ring is 1. The van der Waals surface area contributed by atoms with Gasteiger partial charge in [-0.05, 0) is 50.6 Å². The molecule has 3 aliphatic heterocycles. The molecule has 4 aliphatic rings. The lowest BCUT2D eigenvalue weighted by Crippen LogP contribution is -2.58. The van der Waals surface area contributed by atoms with Gasteiger partial charge >= 0.3 is 5.97 Å². The van der Waals surface area contributed by atoms with Crippen LogP contribution in [0.5, 0.6) is 0 Å². The quantitative estimate of drug-likeness (QED) is 0.446. The van der Waals surface area contributed by atoms with Gasteiger partial charge < -0.3 is 10.5 Å². The number of piperidine rings is 1. The number of nitrogens with two attached hydrogens (primary N) is 1. The van der Waals surface area contributed by atoms with E-state index in [9.17, 15) is 4.79 Å². The summed E-state index contributed by atoms with van der Waals surface area (Å²) in [5, 5.41) is 0. The van der Waals surface area contributed by atoms with Crippen molar-refractivity contribution in [1.29, 1.82) is 0 Å². The van der Waals surface area contributed by atoms with Gasteiger partial charge in [-0.15, -0.1) is 0 Å². The highest BCUT2D eigenvalue weighted by molar-refractivity contribution is 5.90. The second-order valence-electron chi connectivity index (χ2n) is 7.95. The van der Waals surface area contributed by atoms with Crippen molar-refractivity contribution in [3.63, 3.8) is 0 Å². The Kier molecular flexibility index (Phi) is 3.17. The van der Waals surface area contributed by atoms with Gasteiger partial charge in [0.15, 0.2) is 5.60 Å². The predicted molar refractivity (Wildman–Crippen MR) is 100 cm³/mol. The largest absolute Gasteiger partial charge is 0.449 e. The summed E-state index contributed by atoms with van der Waals surface area (Å²) in [7, 11) is 0. The monoisotopic (exact) mass is 346 g/mol. The van der Waals surface area contributed by atoms with Crippen molar-refractivity contribution in [3.8, 4) is 11.8 Å². The zero-order valence-corrected chi connectivity index (χ0v) is 14.9. The van der Waals surface area contributed by atoms with Crippen LogP contribution in [0.2, 0.25) is 0 Å². The van der Waals surface area contributed by atoms with E-state index in [4.69, 9.17) is 10.5 Å². The van der Waals surface area contributed by atoms with E-state index in [0.717, 1.165) is 41.8 Å². The molecule has 3 heterocycles. The number of fused-ring (bicyclic) bond motifs is 3. The van der Waals surface area contributed by atoms with Gasteiger partial charge in [0.25, 0.3) is 0 Å². The number of ether oxygens (including phenoxy) is 1. The van der Waals surface area contributed by atoms with Crippen LogP contribution in [-0.2, 0) is 9.53 Å².